The van der Waals surface area contributed by atoms with Crippen LogP contribution < -0.4 is 0 Å². The van der Waals surface area contributed by atoms with Gasteiger partial charge in [-0.1, -0.05) is 57.4 Å². The van der Waals surface area contributed by atoms with Gasteiger partial charge in [0.05, 0.1) is 5.69 Å². The van der Waals surface area contributed by atoms with Crippen LogP contribution in [0.1, 0.15) is 75.2 Å². The van der Waals surface area contributed by atoms with Crippen molar-refractivity contribution in [3.63, 3.8) is 0 Å². The zero-order valence-corrected chi connectivity index (χ0v) is 18.5. The maximum atomic E-state index is 13.3. The summed E-state index contributed by atoms with van der Waals surface area (Å²) in [4.78, 5) is 31.3. The SMILES string of the molecule is CC(C)C[C@@H](C(=O)c1nnc(SCc2ccccn2)o1)N(C=O)C1CCCCCC1. The van der Waals surface area contributed by atoms with Gasteiger partial charge < -0.3 is 9.32 Å². The lowest BCUT2D eigenvalue weighted by atomic mass is 9.95. The number of hydrogen-bond acceptors (Lipinski definition) is 7. The number of aromatic nitrogens is 3. The molecule has 0 spiro atoms. The summed E-state index contributed by atoms with van der Waals surface area (Å²) in [5.41, 5.74) is 0.895. The first-order valence-electron chi connectivity index (χ1n) is 10.7. The van der Waals surface area contributed by atoms with Crippen LogP contribution in [-0.2, 0) is 10.5 Å². The van der Waals surface area contributed by atoms with Crippen molar-refractivity contribution in [1.82, 2.24) is 20.1 Å². The third-order valence-corrected chi connectivity index (χ3v) is 6.26. The van der Waals surface area contributed by atoms with E-state index in [2.05, 4.69) is 29.0 Å². The fraction of sp³-hybridized carbons (Fsp3) is 0.591. The van der Waals surface area contributed by atoms with E-state index in [0.29, 0.717) is 17.4 Å². The maximum absolute atomic E-state index is 13.3. The van der Waals surface area contributed by atoms with Crippen molar-refractivity contribution < 1.29 is 14.0 Å². The zero-order chi connectivity index (χ0) is 21.3. The normalized spacial score (nSPS) is 16.2. The van der Waals surface area contributed by atoms with Crippen LogP contribution in [0.3, 0.4) is 0 Å². The van der Waals surface area contributed by atoms with Crippen molar-refractivity contribution in [3.8, 4) is 0 Å². The molecule has 2 heterocycles. The van der Waals surface area contributed by atoms with E-state index in [1.165, 1.54) is 24.6 Å². The summed E-state index contributed by atoms with van der Waals surface area (Å²) in [7, 11) is 0. The summed E-state index contributed by atoms with van der Waals surface area (Å²) >= 11 is 1.34. The number of pyridine rings is 1. The summed E-state index contributed by atoms with van der Waals surface area (Å²) in [6, 6.07) is 5.23. The number of amides is 1. The van der Waals surface area contributed by atoms with E-state index in [4.69, 9.17) is 4.42 Å². The van der Waals surface area contributed by atoms with Gasteiger partial charge in [0.2, 0.25) is 12.2 Å². The molecule has 7 nitrogen and oxygen atoms in total. The highest BCUT2D eigenvalue weighted by Crippen LogP contribution is 2.27. The molecule has 0 radical (unpaired) electrons. The van der Waals surface area contributed by atoms with Crippen LogP contribution in [0.25, 0.3) is 0 Å². The van der Waals surface area contributed by atoms with Gasteiger partial charge in [-0.3, -0.25) is 14.6 Å². The molecule has 0 aliphatic heterocycles. The number of nitrogens with zero attached hydrogens (tertiary/aromatic N) is 4. The molecule has 1 atom stereocenters. The van der Waals surface area contributed by atoms with Crippen molar-refractivity contribution in [3.05, 3.63) is 36.0 Å². The summed E-state index contributed by atoms with van der Waals surface area (Å²) in [6.45, 7) is 4.11. The highest BCUT2D eigenvalue weighted by atomic mass is 32.2. The molecule has 30 heavy (non-hydrogen) atoms. The molecule has 8 heteroatoms. The number of hydrogen-bond donors (Lipinski definition) is 0. The first kappa shape index (κ1) is 22.5. The smallest absolute Gasteiger partial charge is 0.286 e. The minimum Gasteiger partial charge on any atom is -0.408 e. The summed E-state index contributed by atoms with van der Waals surface area (Å²) in [5.74, 6) is 0.546. The Hall–Kier alpha value is -2.22. The summed E-state index contributed by atoms with van der Waals surface area (Å²) < 4.78 is 5.66. The average Bonchev–Trinajstić information content (AvgIpc) is 3.07. The molecule has 0 bridgehead atoms. The Bertz CT molecular complexity index is 804. The maximum Gasteiger partial charge on any atom is 0.286 e. The molecule has 1 aliphatic carbocycles. The van der Waals surface area contributed by atoms with Gasteiger partial charge >= 0.3 is 0 Å². The van der Waals surface area contributed by atoms with E-state index in [1.54, 1.807) is 11.1 Å². The molecule has 2 aromatic rings. The number of rotatable bonds is 10. The molecule has 1 amide bonds. The molecule has 1 saturated carbocycles. The molecule has 1 aliphatic rings. The van der Waals surface area contributed by atoms with Gasteiger partial charge in [0.25, 0.3) is 11.1 Å². The molecule has 2 aromatic heterocycles. The molecule has 0 unspecified atom stereocenters. The Kier molecular flexibility index (Phi) is 8.42. The molecule has 3 rings (SSSR count). The number of carbonyl (C=O) groups is 2. The predicted molar refractivity (Wildman–Crippen MR) is 115 cm³/mol. The Morgan fingerprint density at radius 3 is 2.63 bits per heavy atom. The molecule has 162 valence electrons. The molecular weight excluding hydrogens is 400 g/mol. The lowest BCUT2D eigenvalue weighted by molar-refractivity contribution is -0.122. The van der Waals surface area contributed by atoms with E-state index >= 15 is 0 Å². The van der Waals surface area contributed by atoms with Gasteiger partial charge in [0.15, 0.2) is 0 Å². The second kappa shape index (κ2) is 11.2. The lowest BCUT2D eigenvalue weighted by Gasteiger charge is -2.34. The monoisotopic (exact) mass is 430 g/mol. The standard InChI is InChI=1S/C22H30N4O3S/c1-16(2)13-19(26(15-27)18-10-5-3-4-6-11-18)20(28)21-24-25-22(29-21)30-14-17-9-7-8-12-23-17/h7-9,12,15-16,18-19H,3-6,10-11,13-14H2,1-2H3/t19-/m0/s1. The summed E-state index contributed by atoms with van der Waals surface area (Å²) in [5, 5.41) is 8.34. The van der Waals surface area contributed by atoms with Crippen molar-refractivity contribution in [2.45, 2.75) is 81.9 Å². The minimum absolute atomic E-state index is 0.0235. The lowest BCUT2D eigenvalue weighted by Crippen LogP contribution is -2.47. The summed E-state index contributed by atoms with van der Waals surface area (Å²) in [6.07, 6.45) is 9.58. The molecule has 0 aromatic carbocycles. The number of carbonyl (C=O) groups excluding carboxylic acids is 2. The van der Waals surface area contributed by atoms with Gasteiger partial charge in [-0.25, -0.2) is 0 Å². The van der Waals surface area contributed by atoms with E-state index in [0.717, 1.165) is 37.8 Å². The topological polar surface area (TPSA) is 89.2 Å². The molecule has 0 saturated heterocycles. The fourth-order valence-corrected chi connectivity index (χ4v) is 4.59. The largest absolute Gasteiger partial charge is 0.408 e. The van der Waals surface area contributed by atoms with Crippen LogP contribution in [-0.4, -0.2) is 44.4 Å². The quantitative estimate of drug-likeness (QED) is 0.237. The van der Waals surface area contributed by atoms with Gasteiger partial charge in [0, 0.05) is 18.0 Å². The third kappa shape index (κ3) is 6.14. The van der Waals surface area contributed by atoms with Gasteiger partial charge in [-0.05, 0) is 37.3 Å². The third-order valence-electron chi connectivity index (χ3n) is 5.41. The Balaban J connectivity index is 1.72. The van der Waals surface area contributed by atoms with Crippen LogP contribution in [0, 0.1) is 5.92 Å². The van der Waals surface area contributed by atoms with Crippen LogP contribution in [0.4, 0.5) is 0 Å². The van der Waals surface area contributed by atoms with Crippen molar-refractivity contribution in [2.75, 3.05) is 0 Å². The zero-order valence-electron chi connectivity index (χ0n) is 17.7. The van der Waals surface area contributed by atoms with E-state index in [9.17, 15) is 9.59 Å². The van der Waals surface area contributed by atoms with Gasteiger partial charge in [-0.15, -0.1) is 10.2 Å². The van der Waals surface area contributed by atoms with Crippen molar-refractivity contribution in [1.29, 1.82) is 0 Å². The van der Waals surface area contributed by atoms with E-state index < -0.39 is 6.04 Å². The van der Waals surface area contributed by atoms with E-state index in [1.807, 2.05) is 18.2 Å². The average molecular weight is 431 g/mol. The number of Topliss-reactive ketones (excluding diaryl/α,β-unsaturated/α-hetero) is 1. The second-order valence-corrected chi connectivity index (χ2v) is 9.12. The first-order chi connectivity index (χ1) is 14.6. The van der Waals surface area contributed by atoms with Crippen molar-refractivity contribution in [2.24, 2.45) is 5.92 Å². The highest BCUT2D eigenvalue weighted by molar-refractivity contribution is 7.98. The fourth-order valence-electron chi connectivity index (χ4n) is 3.91. The van der Waals surface area contributed by atoms with Crippen LogP contribution in [0.5, 0.6) is 0 Å². The Labute approximate surface area is 182 Å². The Morgan fingerprint density at radius 2 is 2.00 bits per heavy atom. The number of ketones is 1. The van der Waals surface area contributed by atoms with Crippen LogP contribution in [0.2, 0.25) is 0 Å². The van der Waals surface area contributed by atoms with Crippen LogP contribution >= 0.6 is 11.8 Å². The minimum atomic E-state index is -0.570. The first-order valence-corrected chi connectivity index (χ1v) is 11.7. The Morgan fingerprint density at radius 1 is 1.23 bits per heavy atom. The molecular formula is C22H30N4O3S. The molecule has 0 N–H and O–H groups in total. The van der Waals surface area contributed by atoms with Crippen molar-refractivity contribution >= 4 is 24.0 Å². The number of thioether (sulfide) groups is 1. The van der Waals surface area contributed by atoms with Crippen LogP contribution in [0.15, 0.2) is 34.0 Å². The predicted octanol–water partition coefficient (Wildman–Crippen LogP) is 4.54. The molecule has 1 fully saturated rings. The van der Waals surface area contributed by atoms with Gasteiger partial charge in [0.1, 0.15) is 6.04 Å². The van der Waals surface area contributed by atoms with Gasteiger partial charge in [-0.2, -0.15) is 0 Å². The highest BCUT2D eigenvalue weighted by Gasteiger charge is 2.34. The second-order valence-electron chi connectivity index (χ2n) is 8.19. The van der Waals surface area contributed by atoms with E-state index in [-0.39, 0.29) is 23.6 Å².